The van der Waals surface area contributed by atoms with Crippen LogP contribution in [0.2, 0.25) is 0 Å². The molecule has 2 fully saturated rings. The molecular weight excluding hydrogens is 396 g/mol. The number of para-hydroxylation sites is 1. The molecule has 2 aliphatic heterocycles. The molecule has 2 saturated heterocycles. The van der Waals surface area contributed by atoms with Crippen LogP contribution in [0, 0.1) is 10.1 Å². The maximum atomic E-state index is 13.6. The molecule has 2 aromatic carbocycles. The van der Waals surface area contributed by atoms with Crippen LogP contribution in [0.5, 0.6) is 0 Å². The van der Waals surface area contributed by atoms with Gasteiger partial charge >= 0.3 is 0 Å². The van der Waals surface area contributed by atoms with E-state index in [1.807, 2.05) is 30.3 Å². The number of benzene rings is 2. The van der Waals surface area contributed by atoms with Crippen molar-refractivity contribution >= 4 is 16.6 Å². The van der Waals surface area contributed by atoms with Gasteiger partial charge in [0.25, 0.3) is 11.2 Å². The Kier molecular flexibility index (Phi) is 5.25. The quantitative estimate of drug-likeness (QED) is 0.473. The van der Waals surface area contributed by atoms with Crippen LogP contribution in [0.3, 0.4) is 0 Å². The van der Waals surface area contributed by atoms with Gasteiger partial charge in [-0.3, -0.25) is 24.4 Å². The van der Waals surface area contributed by atoms with Gasteiger partial charge in [0.15, 0.2) is 0 Å². The summed E-state index contributed by atoms with van der Waals surface area (Å²) >= 11 is 0. The second-order valence-corrected chi connectivity index (χ2v) is 8.14. The highest BCUT2D eigenvalue weighted by Gasteiger charge is 2.36. The Hall–Kier alpha value is -3.10. The van der Waals surface area contributed by atoms with E-state index in [1.54, 1.807) is 10.6 Å². The Labute approximate surface area is 179 Å². The predicted molar refractivity (Wildman–Crippen MR) is 117 cm³/mol. The largest absolute Gasteiger partial charge is 0.381 e. The van der Waals surface area contributed by atoms with E-state index in [-0.39, 0.29) is 22.7 Å². The number of aromatic nitrogens is 2. The van der Waals surface area contributed by atoms with Crippen molar-refractivity contribution in [2.75, 3.05) is 19.8 Å². The standard InChI is InChI=1S/C23H24N4O4/c28-23-19-15-18(27(29)30)8-9-20(19)24-22(26(23)17-5-2-1-3-6-17)21-7-4-12-25(21)16-10-13-31-14-11-16/h1-3,5-6,8-9,15-16,21H,4,7,10-14H2/t21-/m1/s1. The highest BCUT2D eigenvalue weighted by molar-refractivity contribution is 5.80. The van der Waals surface area contributed by atoms with E-state index in [1.165, 1.54) is 12.1 Å². The summed E-state index contributed by atoms with van der Waals surface area (Å²) in [5.74, 6) is 0.710. The number of fused-ring (bicyclic) bond motifs is 1. The Morgan fingerprint density at radius 1 is 1.06 bits per heavy atom. The summed E-state index contributed by atoms with van der Waals surface area (Å²) < 4.78 is 7.20. The number of nitro benzene ring substituents is 1. The number of nitrogens with zero attached hydrogens (tertiary/aromatic N) is 4. The number of likely N-dealkylation sites (tertiary alicyclic amines) is 1. The van der Waals surface area contributed by atoms with Gasteiger partial charge in [0.2, 0.25) is 0 Å². The highest BCUT2D eigenvalue weighted by atomic mass is 16.6. The van der Waals surface area contributed by atoms with Gasteiger partial charge in [0.1, 0.15) is 5.82 Å². The lowest BCUT2D eigenvalue weighted by Crippen LogP contribution is -2.40. The topological polar surface area (TPSA) is 90.5 Å². The molecule has 31 heavy (non-hydrogen) atoms. The Bertz CT molecular complexity index is 1170. The molecule has 0 aliphatic carbocycles. The molecule has 0 N–H and O–H groups in total. The van der Waals surface area contributed by atoms with Crippen LogP contribution >= 0.6 is 0 Å². The van der Waals surface area contributed by atoms with Crippen LogP contribution < -0.4 is 5.56 Å². The summed E-state index contributed by atoms with van der Waals surface area (Å²) in [5, 5.41) is 11.5. The van der Waals surface area contributed by atoms with Crippen LogP contribution in [0.1, 0.15) is 37.5 Å². The van der Waals surface area contributed by atoms with Gasteiger partial charge in [0.05, 0.1) is 27.6 Å². The summed E-state index contributed by atoms with van der Waals surface area (Å²) in [6.07, 6.45) is 3.93. The predicted octanol–water partition coefficient (Wildman–Crippen LogP) is 3.61. The monoisotopic (exact) mass is 420 g/mol. The molecule has 0 unspecified atom stereocenters. The number of hydrogen-bond acceptors (Lipinski definition) is 6. The minimum Gasteiger partial charge on any atom is -0.381 e. The average Bonchev–Trinajstić information content (AvgIpc) is 3.30. The molecule has 3 aromatic rings. The van der Waals surface area contributed by atoms with Crippen molar-refractivity contribution < 1.29 is 9.66 Å². The first-order valence-corrected chi connectivity index (χ1v) is 10.7. The van der Waals surface area contributed by atoms with E-state index in [0.717, 1.165) is 51.1 Å². The van der Waals surface area contributed by atoms with Gasteiger partial charge in [-0.05, 0) is 50.4 Å². The highest BCUT2D eigenvalue weighted by Crippen LogP contribution is 2.36. The minimum atomic E-state index is -0.483. The second kappa shape index (κ2) is 8.20. The molecule has 0 saturated carbocycles. The van der Waals surface area contributed by atoms with E-state index in [0.29, 0.717) is 17.4 Å². The minimum absolute atomic E-state index is 0.0237. The average molecular weight is 420 g/mol. The van der Waals surface area contributed by atoms with Gasteiger partial charge in [-0.2, -0.15) is 0 Å². The lowest BCUT2D eigenvalue weighted by atomic mass is 10.0. The first-order valence-electron chi connectivity index (χ1n) is 10.7. The third kappa shape index (κ3) is 3.62. The third-order valence-corrected chi connectivity index (χ3v) is 6.36. The van der Waals surface area contributed by atoms with Crippen molar-refractivity contribution in [1.82, 2.24) is 14.5 Å². The van der Waals surface area contributed by atoms with Crippen molar-refractivity contribution in [1.29, 1.82) is 0 Å². The number of non-ortho nitro benzene ring substituents is 1. The maximum absolute atomic E-state index is 13.6. The molecule has 5 rings (SSSR count). The zero-order valence-electron chi connectivity index (χ0n) is 17.1. The normalized spacial score (nSPS) is 20.3. The fraction of sp³-hybridized carbons (Fsp3) is 0.391. The fourth-order valence-corrected chi connectivity index (χ4v) is 4.87. The molecule has 8 heteroatoms. The summed E-state index contributed by atoms with van der Waals surface area (Å²) in [4.78, 5) is 31.8. The molecule has 1 atom stereocenters. The first kappa shape index (κ1) is 19.8. The van der Waals surface area contributed by atoms with Gasteiger partial charge in [-0.25, -0.2) is 4.98 Å². The van der Waals surface area contributed by atoms with E-state index >= 15 is 0 Å². The number of rotatable bonds is 4. The summed E-state index contributed by atoms with van der Waals surface area (Å²) in [6, 6.07) is 14.2. The molecule has 160 valence electrons. The summed E-state index contributed by atoms with van der Waals surface area (Å²) in [5.41, 5.74) is 0.844. The van der Waals surface area contributed by atoms with Crippen LogP contribution in [-0.2, 0) is 4.74 Å². The molecule has 3 heterocycles. The number of hydrogen-bond donors (Lipinski definition) is 0. The zero-order valence-corrected chi connectivity index (χ0v) is 17.1. The Balaban J connectivity index is 1.70. The number of nitro groups is 1. The Morgan fingerprint density at radius 2 is 1.84 bits per heavy atom. The lowest BCUT2D eigenvalue weighted by Gasteiger charge is -2.35. The zero-order chi connectivity index (χ0) is 21.4. The van der Waals surface area contributed by atoms with E-state index < -0.39 is 4.92 Å². The van der Waals surface area contributed by atoms with Crippen molar-refractivity contribution in [2.24, 2.45) is 0 Å². The second-order valence-electron chi connectivity index (χ2n) is 8.14. The molecule has 0 spiro atoms. The lowest BCUT2D eigenvalue weighted by molar-refractivity contribution is -0.384. The van der Waals surface area contributed by atoms with Crippen molar-refractivity contribution in [3.05, 3.63) is 74.8 Å². The van der Waals surface area contributed by atoms with E-state index in [4.69, 9.17) is 9.72 Å². The number of ether oxygens (including phenoxy) is 1. The molecular formula is C23H24N4O4. The third-order valence-electron chi connectivity index (χ3n) is 6.36. The van der Waals surface area contributed by atoms with Gasteiger partial charge in [-0.15, -0.1) is 0 Å². The Morgan fingerprint density at radius 3 is 2.58 bits per heavy atom. The first-order chi connectivity index (χ1) is 15.1. The van der Waals surface area contributed by atoms with Gasteiger partial charge < -0.3 is 4.74 Å². The van der Waals surface area contributed by atoms with Crippen molar-refractivity contribution in [3.63, 3.8) is 0 Å². The molecule has 8 nitrogen and oxygen atoms in total. The molecule has 0 amide bonds. The van der Waals surface area contributed by atoms with Crippen LogP contribution in [-0.4, -0.2) is 45.2 Å². The molecule has 0 bridgehead atoms. The van der Waals surface area contributed by atoms with Crippen LogP contribution in [0.25, 0.3) is 16.6 Å². The smallest absolute Gasteiger partial charge is 0.270 e. The van der Waals surface area contributed by atoms with Gasteiger partial charge in [-0.1, -0.05) is 18.2 Å². The van der Waals surface area contributed by atoms with Crippen LogP contribution in [0.4, 0.5) is 5.69 Å². The van der Waals surface area contributed by atoms with E-state index in [2.05, 4.69) is 4.90 Å². The maximum Gasteiger partial charge on any atom is 0.270 e. The van der Waals surface area contributed by atoms with Crippen molar-refractivity contribution in [3.8, 4) is 5.69 Å². The van der Waals surface area contributed by atoms with Crippen molar-refractivity contribution in [2.45, 2.75) is 37.8 Å². The summed E-state index contributed by atoms with van der Waals surface area (Å²) in [7, 11) is 0. The summed E-state index contributed by atoms with van der Waals surface area (Å²) in [6.45, 7) is 2.49. The van der Waals surface area contributed by atoms with Gasteiger partial charge in [0, 0.05) is 31.4 Å². The molecule has 0 radical (unpaired) electrons. The van der Waals surface area contributed by atoms with E-state index in [9.17, 15) is 14.9 Å². The fourth-order valence-electron chi connectivity index (χ4n) is 4.87. The molecule has 1 aromatic heterocycles. The molecule has 2 aliphatic rings. The SMILES string of the molecule is O=c1c2cc([N+](=O)[O-])ccc2nc([C@H]2CCCN2C2CCOCC2)n1-c1ccccc1. The van der Waals surface area contributed by atoms with Crippen LogP contribution in [0.15, 0.2) is 53.3 Å².